The molecule has 0 bridgehead atoms. The van der Waals surface area contributed by atoms with Gasteiger partial charge in [-0.15, -0.1) is 0 Å². The number of phenolic OH excluding ortho intramolecular Hbond substituents is 1. The number of H-pyrrole nitrogens is 1. The standard InChI is InChI=1S/C82H119N23O27S2/c1-40-67(117)95-52(23-27-64(113)114)71(121)93-41(2)68(118)99-54(13-6-7-29-83)79(129)104-31-9-15-58(104)78(128)101-56(34-44-35-89-48-12-5-4-11-46(44)48)76(126)100-55(33-43-17-19-45(107)20-18-43)75(125)102-57(81(131)132)39-134-133-38-47(84)69(119)90-37-62(110)94-51(21-25-60(85)108)73(123)96-49(14-8-30-88-82(86)87)72(122)97-53(24-28-65(115)116)74(124)103-66(42(3)106)80(130)105-32-10-16-59(105)77(127)98-50(22-26-63(111)112)70(120)91-36-61(109)92-40/h4-5,11-12,17-20,35,40-42,47,49-59,66,89,106-107H,6-10,13-16,21-34,36-39,83-84H2,1-3H3,(H2,85,108)(H,90,119)(H,91,120)(H,92,109)(H,93,121)(H,94,110)(H,95,117)(H,96,123)(H,97,122)(H,98,127)(H,99,118)(H,100,126)(H,101,128)(H,102,125)(H,103,124)(H,111,112)(H,113,114)(H,115,116)(H,131,132)(H4,86,87,88)/t40-,41-,42+,47-,49-,50-,51-,52-,53-,54-,55-,56-,57-,58-,59-,66-/m0/s1. The minimum Gasteiger partial charge on any atom is -0.508 e. The van der Waals surface area contributed by atoms with Gasteiger partial charge in [-0.2, -0.15) is 0 Å². The number of para-hydroxylation sites is 1. The number of rotatable bonds is 26. The molecule has 50 nitrogen and oxygen atoms in total. The lowest BCUT2D eigenvalue weighted by Crippen LogP contribution is -2.61. The highest BCUT2D eigenvalue weighted by atomic mass is 33.1. The Morgan fingerprint density at radius 3 is 1.50 bits per heavy atom. The molecule has 0 spiro atoms. The Labute approximate surface area is 775 Å². The molecule has 134 heavy (non-hydrogen) atoms. The smallest absolute Gasteiger partial charge is 0.327 e. The molecule has 3 fully saturated rings. The third-order valence-electron chi connectivity index (χ3n) is 21.7. The van der Waals surface area contributed by atoms with Crippen LogP contribution >= 0.6 is 21.6 Å². The number of primary amides is 1. The number of carbonyl (C=O) groups excluding carboxylic acids is 17. The molecule has 736 valence electrons. The summed E-state index contributed by atoms with van der Waals surface area (Å²) in [5.74, 6) is -25.6. The summed E-state index contributed by atoms with van der Waals surface area (Å²) in [4.78, 5) is 294. The fourth-order valence-electron chi connectivity index (χ4n) is 14.4. The van der Waals surface area contributed by atoms with Crippen molar-refractivity contribution >= 4 is 163 Å². The molecule has 3 aliphatic heterocycles. The number of carboxylic acid groups (broad SMARTS) is 4. The number of aliphatic hydroxyl groups excluding tert-OH is 1. The van der Waals surface area contributed by atoms with E-state index < -0.39 is 297 Å². The largest absolute Gasteiger partial charge is 0.508 e. The first-order valence-corrected chi connectivity index (χ1v) is 45.7. The number of nitrogens with zero attached hydrogens (tertiary/aromatic N) is 2. The topological polar surface area (TPSA) is 810 Å². The normalized spacial score (nSPS) is 25.4. The molecular weight excluding hydrogens is 1800 g/mol. The van der Waals surface area contributed by atoms with Gasteiger partial charge in [0.1, 0.15) is 90.3 Å². The fourth-order valence-corrected chi connectivity index (χ4v) is 16.7. The molecule has 6 rings (SSSR count). The Kier molecular flexibility index (Phi) is 44.4. The van der Waals surface area contributed by atoms with Crippen LogP contribution in [0.2, 0.25) is 0 Å². The molecule has 16 atom stereocenters. The average molecular weight is 1920 g/mol. The van der Waals surface area contributed by atoms with Crippen LogP contribution in [0.25, 0.3) is 10.9 Å². The Hall–Kier alpha value is -13.5. The fraction of sp³-hybridized carbons (Fsp3) is 0.561. The number of unbranched alkanes of at least 4 members (excludes halogenated alkanes) is 1. The number of nitrogens with two attached hydrogens (primary N) is 4. The van der Waals surface area contributed by atoms with Gasteiger partial charge in [-0.25, -0.2) is 4.79 Å². The molecule has 0 aliphatic carbocycles. The first-order valence-electron chi connectivity index (χ1n) is 43.2. The molecule has 2 aromatic carbocycles. The molecular formula is C82H119N23O27S2. The lowest BCUT2D eigenvalue weighted by molar-refractivity contribution is -0.145. The minimum absolute atomic E-state index is 0.0161. The first-order chi connectivity index (χ1) is 63.4. The number of hydrogen-bond donors (Lipinski definition) is 27. The van der Waals surface area contributed by atoms with Gasteiger partial charge in [0.15, 0.2) is 5.96 Å². The van der Waals surface area contributed by atoms with Gasteiger partial charge in [0, 0.05) is 86.8 Å². The Morgan fingerprint density at radius 1 is 0.493 bits per heavy atom. The molecule has 17 amide bonds. The number of amides is 17. The number of aromatic nitrogens is 1. The third kappa shape index (κ3) is 35.9. The van der Waals surface area contributed by atoms with Crippen molar-refractivity contribution in [1.29, 1.82) is 5.41 Å². The number of phenols is 1. The number of nitrogens with one attached hydrogen (secondary N) is 17. The van der Waals surface area contributed by atoms with E-state index in [1.807, 2.05) is 0 Å². The second kappa shape index (κ2) is 54.5. The summed E-state index contributed by atoms with van der Waals surface area (Å²) < 4.78 is 0. The second-order valence-electron chi connectivity index (χ2n) is 32.2. The number of benzene rings is 2. The molecule has 4 heterocycles. The Balaban J connectivity index is 1.33. The van der Waals surface area contributed by atoms with Gasteiger partial charge in [-0.1, -0.05) is 51.9 Å². The molecule has 1 aromatic heterocycles. The SMILES string of the molecule is C[C@@H]1NC(=O)CNC(=O)[C@H](CCC(=O)O)NC(=O)[C@@H]2CCCN2C(=O)[C@H]([C@@H](C)O)NC(=O)[C@H](CCC(=O)O)NC(=O)[C@H](CCCNC(=N)N)NC(=O)[C@H](CCC(N)=O)NC(=O)CNC(=O)[C@@H](N)CSSC[C@@H](C(=O)O)NC(=O)[C@H](Cc2ccc(O)cc2)NC(=O)[C@H](Cc2c[nH]c3ccccc23)NC(=O)[C@@H]2CCCN2C(=O)[C@H](CCCCN)NC(=O)[C@H](C)NC(=O)[C@H](CCC(=O)O)NC1=O. The summed E-state index contributed by atoms with van der Waals surface area (Å²) in [6, 6.07) is -12.4. The number of hydrogen-bond acceptors (Lipinski definition) is 28. The van der Waals surface area contributed by atoms with Crippen molar-refractivity contribution in [2.45, 2.75) is 239 Å². The average Bonchev–Trinajstić information content (AvgIpc) is 1.66. The molecule has 3 saturated heterocycles. The first kappa shape index (κ1) is 109. The molecule has 31 N–H and O–H groups in total. The number of carboxylic acids is 4. The Bertz CT molecular complexity index is 4740. The van der Waals surface area contributed by atoms with E-state index in [1.54, 1.807) is 30.5 Å². The maximum atomic E-state index is 15.1. The number of aliphatic carboxylic acids is 4. The van der Waals surface area contributed by atoms with E-state index in [9.17, 15) is 127 Å². The number of aromatic hydroxyl groups is 1. The molecule has 52 heteroatoms. The lowest BCUT2D eigenvalue weighted by Gasteiger charge is -2.32. The van der Waals surface area contributed by atoms with Crippen molar-refractivity contribution in [3.8, 4) is 5.75 Å². The zero-order valence-electron chi connectivity index (χ0n) is 73.8. The summed E-state index contributed by atoms with van der Waals surface area (Å²) in [7, 11) is 1.67. The molecule has 0 radical (unpaired) electrons. The lowest BCUT2D eigenvalue weighted by atomic mass is 10.0. The van der Waals surface area contributed by atoms with Crippen LogP contribution in [0, 0.1) is 5.41 Å². The highest BCUT2D eigenvalue weighted by molar-refractivity contribution is 8.76. The van der Waals surface area contributed by atoms with Crippen LogP contribution < -0.4 is 103 Å². The van der Waals surface area contributed by atoms with E-state index in [1.165, 1.54) is 36.1 Å². The maximum Gasteiger partial charge on any atom is 0.327 e. The van der Waals surface area contributed by atoms with E-state index >= 15 is 4.79 Å². The van der Waals surface area contributed by atoms with Crippen molar-refractivity contribution in [3.05, 3.63) is 65.9 Å². The quantitative estimate of drug-likeness (QED) is 0.0154. The van der Waals surface area contributed by atoms with Crippen molar-refractivity contribution in [3.63, 3.8) is 0 Å². The summed E-state index contributed by atoms with van der Waals surface area (Å²) in [5.41, 5.74) is 24.4. The summed E-state index contributed by atoms with van der Waals surface area (Å²) in [6.45, 7) is 1.19. The van der Waals surface area contributed by atoms with Crippen LogP contribution in [0.1, 0.15) is 141 Å². The van der Waals surface area contributed by atoms with Crippen molar-refractivity contribution in [2.24, 2.45) is 22.9 Å². The van der Waals surface area contributed by atoms with Gasteiger partial charge in [-0.05, 0) is 140 Å². The predicted octanol–water partition coefficient (Wildman–Crippen LogP) is -7.83. The highest BCUT2D eigenvalue weighted by Crippen LogP contribution is 2.27. The van der Waals surface area contributed by atoms with E-state index in [-0.39, 0.29) is 102 Å². The van der Waals surface area contributed by atoms with Crippen LogP contribution in [0.15, 0.2) is 54.7 Å². The number of aromatic amines is 1. The third-order valence-corrected chi connectivity index (χ3v) is 24.1. The van der Waals surface area contributed by atoms with Gasteiger partial charge in [-0.3, -0.25) is 101 Å². The van der Waals surface area contributed by atoms with Crippen LogP contribution in [0.4, 0.5) is 0 Å². The van der Waals surface area contributed by atoms with E-state index in [4.69, 9.17) is 28.3 Å². The molecule has 0 unspecified atom stereocenters. The summed E-state index contributed by atoms with van der Waals surface area (Å²) in [5, 5.41) is 105. The van der Waals surface area contributed by atoms with Crippen molar-refractivity contribution in [1.82, 2.24) is 94.5 Å². The van der Waals surface area contributed by atoms with Crippen molar-refractivity contribution < 1.29 is 131 Å². The van der Waals surface area contributed by atoms with Gasteiger partial charge in [0.25, 0.3) is 0 Å². The van der Waals surface area contributed by atoms with Crippen LogP contribution in [-0.4, -0.2) is 323 Å². The number of aliphatic hydroxyl groups is 1. The van der Waals surface area contributed by atoms with E-state index in [2.05, 4.69) is 84.7 Å². The van der Waals surface area contributed by atoms with Gasteiger partial charge in [0.05, 0.1) is 25.2 Å². The number of guanidine groups is 1. The van der Waals surface area contributed by atoms with Gasteiger partial charge >= 0.3 is 23.9 Å². The van der Waals surface area contributed by atoms with Crippen molar-refractivity contribution in [2.75, 3.05) is 50.8 Å². The minimum atomic E-state index is -2.00. The van der Waals surface area contributed by atoms with Crippen LogP contribution in [0.3, 0.4) is 0 Å². The second-order valence-corrected chi connectivity index (χ2v) is 34.7. The molecule has 3 aliphatic rings. The Morgan fingerprint density at radius 2 is 0.940 bits per heavy atom. The van der Waals surface area contributed by atoms with E-state index in [0.717, 1.165) is 40.3 Å². The van der Waals surface area contributed by atoms with Gasteiger partial charge < -0.3 is 148 Å². The highest BCUT2D eigenvalue weighted by Gasteiger charge is 2.44. The zero-order chi connectivity index (χ0) is 99.2. The molecule has 3 aromatic rings. The summed E-state index contributed by atoms with van der Waals surface area (Å²) >= 11 is 0. The number of carbonyl (C=O) groups is 21. The monoisotopic (exact) mass is 1920 g/mol. The summed E-state index contributed by atoms with van der Waals surface area (Å²) in [6.07, 6.45) is -6.21. The predicted molar refractivity (Wildman–Crippen MR) is 477 cm³/mol. The van der Waals surface area contributed by atoms with Crippen LogP contribution in [0.5, 0.6) is 5.75 Å². The zero-order valence-corrected chi connectivity index (χ0v) is 75.4. The van der Waals surface area contributed by atoms with E-state index in [0.29, 0.717) is 28.5 Å². The molecule has 0 saturated carbocycles. The maximum absolute atomic E-state index is 15.1. The van der Waals surface area contributed by atoms with Gasteiger partial charge in [0.2, 0.25) is 100 Å². The number of fused-ring (bicyclic) bond motifs is 3. The van der Waals surface area contributed by atoms with Crippen LogP contribution in [-0.2, 0) is 114 Å².